The fourth-order valence-corrected chi connectivity index (χ4v) is 3.24. The van der Waals surface area contributed by atoms with E-state index in [9.17, 15) is 9.59 Å². The Morgan fingerprint density at radius 2 is 1.76 bits per heavy atom. The Morgan fingerprint density at radius 1 is 1.10 bits per heavy atom. The van der Waals surface area contributed by atoms with Crippen LogP contribution in [-0.2, 0) is 4.79 Å². The number of amides is 2. The first-order valence-electron chi connectivity index (χ1n) is 8.61. The van der Waals surface area contributed by atoms with Crippen molar-refractivity contribution in [3.8, 4) is 17.1 Å². The maximum Gasteiger partial charge on any atom is 0.248 e. The summed E-state index contributed by atoms with van der Waals surface area (Å²) in [5.41, 5.74) is 6.91. The van der Waals surface area contributed by atoms with Gasteiger partial charge < -0.3 is 21.6 Å². The molecule has 10 heteroatoms. The lowest BCUT2D eigenvalue weighted by molar-refractivity contribution is -0.115. The molecule has 1 unspecified atom stereocenters. The maximum absolute atomic E-state index is 12.5. The van der Waals surface area contributed by atoms with Gasteiger partial charge in [0.2, 0.25) is 17.0 Å². The third kappa shape index (κ3) is 4.66. The summed E-state index contributed by atoms with van der Waals surface area (Å²) in [4.78, 5) is 23.6. The molecule has 0 spiro atoms. The Bertz CT molecular complexity index is 1020. The Labute approximate surface area is 171 Å². The minimum Gasteiger partial charge on any atom is -0.497 e. The molecule has 1 atom stereocenters. The summed E-state index contributed by atoms with van der Waals surface area (Å²) in [6.07, 6.45) is 0. The summed E-state index contributed by atoms with van der Waals surface area (Å²) in [6, 6.07) is 13.6. The molecule has 0 aliphatic heterocycles. The van der Waals surface area contributed by atoms with Crippen molar-refractivity contribution >= 4 is 29.3 Å². The van der Waals surface area contributed by atoms with E-state index in [2.05, 4.69) is 15.5 Å². The van der Waals surface area contributed by atoms with E-state index < -0.39 is 11.2 Å². The Balaban J connectivity index is 1.66. The normalized spacial score (nSPS) is 11.7. The van der Waals surface area contributed by atoms with E-state index in [-0.39, 0.29) is 5.91 Å². The van der Waals surface area contributed by atoms with Crippen LogP contribution in [0.4, 0.5) is 5.69 Å². The summed E-state index contributed by atoms with van der Waals surface area (Å²) in [5, 5.41) is 10.9. The first-order valence-corrected chi connectivity index (χ1v) is 9.49. The van der Waals surface area contributed by atoms with Crippen LogP contribution in [0, 0.1) is 0 Å². The Kier molecular flexibility index (Phi) is 6.03. The molecule has 0 bridgehead atoms. The van der Waals surface area contributed by atoms with Crippen molar-refractivity contribution in [2.75, 3.05) is 18.3 Å². The number of aromatic nitrogens is 3. The monoisotopic (exact) mass is 412 g/mol. The summed E-state index contributed by atoms with van der Waals surface area (Å²) >= 11 is 1.18. The summed E-state index contributed by atoms with van der Waals surface area (Å²) in [5.74, 6) is 6.55. The van der Waals surface area contributed by atoms with Crippen LogP contribution < -0.4 is 21.6 Å². The lowest BCUT2D eigenvalue weighted by atomic mass is 10.2. The van der Waals surface area contributed by atoms with Gasteiger partial charge in [0.15, 0.2) is 5.82 Å². The quantitative estimate of drug-likeness (QED) is 0.398. The van der Waals surface area contributed by atoms with Crippen LogP contribution in [0.2, 0.25) is 0 Å². The van der Waals surface area contributed by atoms with Gasteiger partial charge in [0.05, 0.1) is 12.4 Å². The number of nitrogens with two attached hydrogens (primary N) is 2. The van der Waals surface area contributed by atoms with Crippen LogP contribution in [0.3, 0.4) is 0 Å². The number of anilines is 1. The predicted octanol–water partition coefficient (Wildman–Crippen LogP) is 1.89. The predicted molar refractivity (Wildman–Crippen MR) is 111 cm³/mol. The fourth-order valence-electron chi connectivity index (χ4n) is 2.47. The third-order valence-corrected chi connectivity index (χ3v) is 5.16. The van der Waals surface area contributed by atoms with E-state index >= 15 is 0 Å². The second-order valence-corrected chi connectivity index (χ2v) is 7.40. The van der Waals surface area contributed by atoms with Crippen LogP contribution in [0.25, 0.3) is 11.4 Å². The molecule has 2 aromatic carbocycles. The number of hydrogen-bond donors (Lipinski definition) is 3. The van der Waals surface area contributed by atoms with Gasteiger partial charge in [-0.3, -0.25) is 9.59 Å². The summed E-state index contributed by atoms with van der Waals surface area (Å²) in [6.45, 7) is 1.74. The van der Waals surface area contributed by atoms with Crippen molar-refractivity contribution in [1.29, 1.82) is 0 Å². The fraction of sp³-hybridized carbons (Fsp3) is 0.158. The first kappa shape index (κ1) is 20.2. The maximum atomic E-state index is 12.5. The van der Waals surface area contributed by atoms with Crippen LogP contribution >= 0.6 is 11.8 Å². The molecule has 9 nitrogen and oxygen atoms in total. The highest BCUT2D eigenvalue weighted by molar-refractivity contribution is 8.00. The molecule has 0 saturated heterocycles. The van der Waals surface area contributed by atoms with Gasteiger partial charge in [-0.2, -0.15) is 0 Å². The van der Waals surface area contributed by atoms with Crippen LogP contribution in [0.15, 0.2) is 53.7 Å². The SMILES string of the molecule is COc1ccc(-c2nnc(SC(C)C(=O)Nc3ccc(C(N)=O)cc3)n2N)cc1. The number of nitrogen functional groups attached to an aromatic ring is 1. The molecule has 2 amide bonds. The number of carbonyl (C=O) groups is 2. The molecule has 150 valence electrons. The molecule has 3 rings (SSSR count). The molecule has 0 aliphatic rings. The highest BCUT2D eigenvalue weighted by Gasteiger charge is 2.20. The highest BCUT2D eigenvalue weighted by atomic mass is 32.2. The van der Waals surface area contributed by atoms with Crippen molar-refractivity contribution in [3.63, 3.8) is 0 Å². The summed E-state index contributed by atoms with van der Waals surface area (Å²) in [7, 11) is 1.59. The van der Waals surface area contributed by atoms with E-state index in [1.807, 2.05) is 12.1 Å². The van der Waals surface area contributed by atoms with Gasteiger partial charge in [0.1, 0.15) is 5.75 Å². The second-order valence-electron chi connectivity index (χ2n) is 6.10. The molecular weight excluding hydrogens is 392 g/mol. The largest absolute Gasteiger partial charge is 0.497 e. The number of thioether (sulfide) groups is 1. The summed E-state index contributed by atoms with van der Waals surface area (Å²) < 4.78 is 6.49. The van der Waals surface area contributed by atoms with Gasteiger partial charge >= 0.3 is 0 Å². The lowest BCUT2D eigenvalue weighted by Gasteiger charge is -2.12. The molecule has 1 aromatic heterocycles. The topological polar surface area (TPSA) is 138 Å². The minimum atomic E-state index is -0.526. The molecular formula is C19H20N6O3S. The van der Waals surface area contributed by atoms with Gasteiger partial charge in [0, 0.05) is 16.8 Å². The molecule has 0 aliphatic carbocycles. The number of nitrogens with zero attached hydrogens (tertiary/aromatic N) is 3. The van der Waals surface area contributed by atoms with Crippen molar-refractivity contribution in [2.45, 2.75) is 17.3 Å². The van der Waals surface area contributed by atoms with Crippen molar-refractivity contribution < 1.29 is 14.3 Å². The molecule has 0 fully saturated rings. The van der Waals surface area contributed by atoms with Crippen LogP contribution in [0.1, 0.15) is 17.3 Å². The van der Waals surface area contributed by atoms with E-state index in [0.29, 0.717) is 22.2 Å². The van der Waals surface area contributed by atoms with Gasteiger partial charge in [-0.15, -0.1) is 10.2 Å². The van der Waals surface area contributed by atoms with E-state index in [0.717, 1.165) is 11.3 Å². The van der Waals surface area contributed by atoms with E-state index in [4.69, 9.17) is 16.3 Å². The van der Waals surface area contributed by atoms with E-state index in [1.165, 1.54) is 16.4 Å². The molecule has 5 N–H and O–H groups in total. The highest BCUT2D eigenvalue weighted by Crippen LogP contribution is 2.26. The average Bonchev–Trinajstić information content (AvgIpc) is 3.08. The number of rotatable bonds is 7. The number of hydrogen-bond acceptors (Lipinski definition) is 7. The van der Waals surface area contributed by atoms with E-state index in [1.54, 1.807) is 50.4 Å². The second kappa shape index (κ2) is 8.65. The van der Waals surface area contributed by atoms with Crippen LogP contribution in [0.5, 0.6) is 5.75 Å². The van der Waals surface area contributed by atoms with Crippen molar-refractivity contribution in [1.82, 2.24) is 14.9 Å². The molecule has 29 heavy (non-hydrogen) atoms. The first-order chi connectivity index (χ1) is 13.9. The number of primary amides is 1. The zero-order valence-corrected chi connectivity index (χ0v) is 16.6. The smallest absolute Gasteiger partial charge is 0.248 e. The van der Waals surface area contributed by atoms with Crippen molar-refractivity contribution in [2.24, 2.45) is 5.73 Å². The Morgan fingerprint density at radius 3 is 2.34 bits per heavy atom. The molecule has 3 aromatic rings. The molecule has 0 saturated carbocycles. The number of methoxy groups -OCH3 is 1. The van der Waals surface area contributed by atoms with Gasteiger partial charge in [0.25, 0.3) is 0 Å². The number of benzene rings is 2. The number of ether oxygens (including phenoxy) is 1. The minimum absolute atomic E-state index is 0.240. The molecule has 0 radical (unpaired) electrons. The Hall–Kier alpha value is -3.53. The van der Waals surface area contributed by atoms with Crippen molar-refractivity contribution in [3.05, 3.63) is 54.1 Å². The average molecular weight is 412 g/mol. The lowest BCUT2D eigenvalue weighted by Crippen LogP contribution is -2.23. The zero-order valence-electron chi connectivity index (χ0n) is 15.8. The van der Waals surface area contributed by atoms with Crippen LogP contribution in [-0.4, -0.2) is 39.0 Å². The van der Waals surface area contributed by atoms with Gasteiger partial charge in [-0.1, -0.05) is 11.8 Å². The molecule has 1 heterocycles. The zero-order chi connectivity index (χ0) is 21.0. The standard InChI is InChI=1S/C19H20N6O3S/c1-11(18(27)22-14-7-3-12(4-8-14)16(20)26)29-19-24-23-17(25(19)21)13-5-9-15(28-2)10-6-13/h3-11H,21H2,1-2H3,(H2,20,26)(H,22,27). The number of carbonyl (C=O) groups excluding carboxylic acids is 2. The third-order valence-electron chi connectivity index (χ3n) is 4.10. The number of nitrogens with one attached hydrogen (secondary N) is 1. The van der Waals surface area contributed by atoms with Gasteiger partial charge in [-0.25, -0.2) is 4.68 Å². The van der Waals surface area contributed by atoms with Gasteiger partial charge in [-0.05, 0) is 55.5 Å².